The van der Waals surface area contributed by atoms with Gasteiger partial charge in [0.15, 0.2) is 0 Å². The number of hydrogen-bond donors (Lipinski definition) is 1. The minimum Gasteiger partial charge on any atom is -0.423 e. The summed E-state index contributed by atoms with van der Waals surface area (Å²) in [6, 6.07) is 5.51. The Morgan fingerprint density at radius 2 is 1.90 bits per heavy atom. The summed E-state index contributed by atoms with van der Waals surface area (Å²) in [5.74, 6) is 3.22. The Labute approximate surface area is 176 Å². The van der Waals surface area contributed by atoms with Crippen LogP contribution in [0.4, 0.5) is 8.78 Å². The molecule has 4 rings (SSSR count). The van der Waals surface area contributed by atoms with Crippen molar-refractivity contribution in [3.05, 3.63) is 47.2 Å². The summed E-state index contributed by atoms with van der Waals surface area (Å²) in [5.41, 5.74) is 5.80. The Bertz CT molecular complexity index is 1260. The smallest absolute Gasteiger partial charge is 0.247 e. The first kappa shape index (κ1) is 20.7. The number of aromatic nitrogens is 2. The van der Waals surface area contributed by atoms with E-state index in [1.165, 1.54) is 18.2 Å². The maximum absolute atomic E-state index is 15.0. The quantitative estimate of drug-likeness (QED) is 0.612. The summed E-state index contributed by atoms with van der Waals surface area (Å²) in [6.45, 7) is 5.14. The first-order valence-electron chi connectivity index (χ1n) is 9.00. The number of nitrogens with two attached hydrogens (primary N) is 1. The molecular weight excluding hydrogens is 430 g/mol. The van der Waals surface area contributed by atoms with Crippen molar-refractivity contribution in [2.24, 2.45) is 10.7 Å². The average molecular weight is 451 g/mol. The molecule has 1 aliphatic rings. The Balaban J connectivity index is 1.81. The van der Waals surface area contributed by atoms with Crippen LogP contribution in [-0.4, -0.2) is 36.6 Å². The van der Waals surface area contributed by atoms with Crippen LogP contribution in [0.25, 0.3) is 21.9 Å². The van der Waals surface area contributed by atoms with Crippen LogP contribution in [0, 0.1) is 11.6 Å². The van der Waals surface area contributed by atoms with Crippen LogP contribution in [0.5, 0.6) is 0 Å². The molecule has 30 heavy (non-hydrogen) atoms. The molecule has 0 fully saturated rings. The van der Waals surface area contributed by atoms with Gasteiger partial charge >= 0.3 is 0 Å². The molecule has 3 heterocycles. The summed E-state index contributed by atoms with van der Waals surface area (Å²) in [6.07, 6.45) is 1.15. The highest BCUT2D eigenvalue weighted by Gasteiger charge is 2.46. The lowest BCUT2D eigenvalue weighted by Crippen LogP contribution is -2.54. The van der Waals surface area contributed by atoms with E-state index in [4.69, 9.17) is 10.2 Å². The van der Waals surface area contributed by atoms with Crippen molar-refractivity contribution in [1.82, 2.24) is 10.2 Å². The summed E-state index contributed by atoms with van der Waals surface area (Å²) in [4.78, 5) is 5.27. The Morgan fingerprint density at radius 3 is 2.53 bits per heavy atom. The predicted molar refractivity (Wildman–Crippen MR) is 116 cm³/mol. The number of nitrogens with zero attached hydrogens (tertiary/aromatic N) is 3. The summed E-state index contributed by atoms with van der Waals surface area (Å²) in [7, 11) is -2.68. The van der Waals surface area contributed by atoms with Gasteiger partial charge in [0.05, 0.1) is 9.62 Å². The third-order valence-corrected chi connectivity index (χ3v) is 9.90. The van der Waals surface area contributed by atoms with Crippen LogP contribution in [0.2, 0.25) is 0 Å². The number of aliphatic imine (C=N–C) groups is 1. The minimum absolute atomic E-state index is 0.0565. The average Bonchev–Trinajstić information content (AvgIpc) is 3.29. The van der Waals surface area contributed by atoms with Crippen LogP contribution in [0.1, 0.15) is 25.6 Å². The number of thiophene rings is 1. The fourth-order valence-corrected chi connectivity index (χ4v) is 6.51. The molecule has 0 amide bonds. The lowest BCUT2D eigenvalue weighted by atomic mass is 10.0. The second kappa shape index (κ2) is 6.71. The van der Waals surface area contributed by atoms with Crippen molar-refractivity contribution in [3.63, 3.8) is 0 Å². The van der Waals surface area contributed by atoms with Crippen LogP contribution in [0.15, 0.2) is 40.1 Å². The normalized spacial score (nSPS) is 25.8. The third-order valence-electron chi connectivity index (χ3n) is 5.39. The van der Waals surface area contributed by atoms with E-state index in [1.54, 1.807) is 26.8 Å². The largest absolute Gasteiger partial charge is 0.423 e. The van der Waals surface area contributed by atoms with Crippen molar-refractivity contribution >= 4 is 32.6 Å². The highest BCUT2D eigenvalue weighted by Crippen LogP contribution is 2.43. The molecule has 2 N–H and O–H groups in total. The highest BCUT2D eigenvalue weighted by atomic mass is 32.2. The van der Waals surface area contributed by atoms with Gasteiger partial charge in [0, 0.05) is 16.2 Å². The zero-order valence-corrected chi connectivity index (χ0v) is 18.2. The second-order valence-corrected chi connectivity index (χ2v) is 12.0. The number of halogens is 2. The molecule has 1 aliphatic heterocycles. The molecule has 3 aromatic rings. The van der Waals surface area contributed by atoms with E-state index < -0.39 is 31.4 Å². The lowest BCUT2D eigenvalue weighted by Gasteiger charge is -2.40. The van der Waals surface area contributed by atoms with Gasteiger partial charge in [-0.15, -0.1) is 21.5 Å². The molecule has 6 nitrogen and oxygen atoms in total. The highest BCUT2D eigenvalue weighted by molar-refractivity contribution is 8.02. The van der Waals surface area contributed by atoms with E-state index >= 15 is 4.39 Å². The number of benzene rings is 1. The molecule has 0 aliphatic carbocycles. The first-order valence-corrected chi connectivity index (χ1v) is 11.7. The maximum Gasteiger partial charge on any atom is 0.247 e. The molecule has 1 unspecified atom stereocenters. The standard InChI is InChI=1S/C20H20F2N4O2S2/c1-19(2)18(23)25-20(3,9-30(19,4)27)16-14(22)8-15(29-16)11-5-12(7-13(21)6-11)17-26-24-10-28-17/h5-8,10H,4,9H2,1-3H3,(H2,23,25)/t20-,30?/m0/s1. The second-order valence-electron chi connectivity index (χ2n) is 8.00. The molecule has 158 valence electrons. The van der Waals surface area contributed by atoms with Crippen molar-refractivity contribution in [2.45, 2.75) is 31.1 Å². The molecule has 0 spiro atoms. The molecule has 0 bridgehead atoms. The summed E-state index contributed by atoms with van der Waals surface area (Å²) in [5, 5.41) is 7.38. The zero-order valence-electron chi connectivity index (χ0n) is 16.6. The Hall–Kier alpha value is -2.59. The molecule has 10 heteroatoms. The van der Waals surface area contributed by atoms with E-state index in [9.17, 15) is 8.60 Å². The van der Waals surface area contributed by atoms with Crippen molar-refractivity contribution in [2.75, 3.05) is 5.75 Å². The minimum atomic E-state index is -2.68. The van der Waals surface area contributed by atoms with Crippen molar-refractivity contribution < 1.29 is 17.4 Å². The van der Waals surface area contributed by atoms with Gasteiger partial charge in [-0.3, -0.25) is 9.20 Å². The fourth-order valence-electron chi connectivity index (χ4n) is 3.41. The lowest BCUT2D eigenvalue weighted by molar-refractivity contribution is 0.506. The van der Waals surface area contributed by atoms with E-state index in [-0.39, 0.29) is 22.4 Å². The molecule has 2 atom stereocenters. The van der Waals surface area contributed by atoms with E-state index in [2.05, 4.69) is 21.1 Å². The van der Waals surface area contributed by atoms with Gasteiger partial charge in [-0.1, -0.05) is 0 Å². The van der Waals surface area contributed by atoms with E-state index in [0.29, 0.717) is 16.0 Å². The van der Waals surface area contributed by atoms with Crippen LogP contribution in [-0.2, 0) is 15.1 Å². The van der Waals surface area contributed by atoms with E-state index in [1.807, 2.05) is 0 Å². The number of amidine groups is 1. The topological polar surface area (TPSA) is 94.4 Å². The summed E-state index contributed by atoms with van der Waals surface area (Å²) < 4.78 is 46.7. The van der Waals surface area contributed by atoms with Crippen LogP contribution >= 0.6 is 11.3 Å². The number of hydrogen-bond acceptors (Lipinski definition) is 7. The van der Waals surface area contributed by atoms with Crippen molar-refractivity contribution in [1.29, 1.82) is 0 Å². The molecule has 0 saturated heterocycles. The van der Waals surface area contributed by atoms with Crippen LogP contribution in [0.3, 0.4) is 0 Å². The monoisotopic (exact) mass is 450 g/mol. The number of rotatable bonds is 3. The first-order chi connectivity index (χ1) is 13.9. The zero-order chi connectivity index (χ0) is 21.9. The molecule has 2 aromatic heterocycles. The third kappa shape index (κ3) is 3.24. The fraction of sp³-hybridized carbons (Fsp3) is 0.300. The van der Waals surface area contributed by atoms with Crippen LogP contribution < -0.4 is 5.73 Å². The van der Waals surface area contributed by atoms with Gasteiger partial charge < -0.3 is 10.2 Å². The SMILES string of the molecule is C=S1(=O)C[C@@](C)(c2sc(-c3cc(F)cc(-c4nnco4)c3)cc2F)N=C(N)C1(C)C. The van der Waals surface area contributed by atoms with Gasteiger partial charge in [-0.2, -0.15) is 0 Å². The predicted octanol–water partition coefficient (Wildman–Crippen LogP) is 3.82. The Morgan fingerprint density at radius 1 is 1.20 bits per heavy atom. The molecule has 0 saturated carbocycles. The van der Waals surface area contributed by atoms with Gasteiger partial charge in [0.25, 0.3) is 0 Å². The Kier molecular flexibility index (Phi) is 4.62. The van der Waals surface area contributed by atoms with Gasteiger partial charge in [-0.25, -0.2) is 8.78 Å². The van der Waals surface area contributed by atoms with Gasteiger partial charge in [0.2, 0.25) is 12.3 Å². The van der Waals surface area contributed by atoms with Crippen molar-refractivity contribution in [3.8, 4) is 21.9 Å². The van der Waals surface area contributed by atoms with E-state index in [0.717, 1.165) is 17.7 Å². The van der Waals surface area contributed by atoms with Gasteiger partial charge in [-0.05, 0) is 66.0 Å². The molecule has 1 aromatic carbocycles. The summed E-state index contributed by atoms with van der Waals surface area (Å²) >= 11 is 1.11. The maximum atomic E-state index is 15.0. The molecular formula is C20H20F2N4O2S2. The molecule has 0 radical (unpaired) electrons. The van der Waals surface area contributed by atoms with Gasteiger partial charge in [0.1, 0.15) is 23.0 Å².